The van der Waals surface area contributed by atoms with Gasteiger partial charge >= 0.3 is 0 Å². The molecule has 4 rings (SSSR count). The van der Waals surface area contributed by atoms with Gasteiger partial charge in [0.05, 0.1) is 11.4 Å². The molecule has 0 bridgehead atoms. The number of aromatic nitrogens is 2. The van der Waals surface area contributed by atoms with Crippen molar-refractivity contribution in [3.8, 4) is 10.7 Å². The van der Waals surface area contributed by atoms with Gasteiger partial charge in [0.2, 0.25) is 0 Å². The van der Waals surface area contributed by atoms with Crippen LogP contribution in [0.2, 0.25) is 0 Å². The van der Waals surface area contributed by atoms with Crippen molar-refractivity contribution in [1.29, 1.82) is 0 Å². The molecule has 1 amide bonds. The normalized spacial score (nSPS) is 14.7. The predicted molar refractivity (Wildman–Crippen MR) is 120 cm³/mol. The highest BCUT2D eigenvalue weighted by Crippen LogP contribution is 2.28. The Bertz CT molecular complexity index is 969. The molecule has 3 heterocycles. The summed E-state index contributed by atoms with van der Waals surface area (Å²) in [5.41, 5.74) is 3.54. The number of ether oxygens (including phenoxy) is 1. The molecule has 0 unspecified atom stereocenters. The second kappa shape index (κ2) is 9.52. The third-order valence-corrected chi connectivity index (χ3v) is 7.35. The topological polar surface area (TPSA) is 64.1 Å². The molecule has 5 nitrogen and oxygen atoms in total. The van der Waals surface area contributed by atoms with Crippen LogP contribution < -0.4 is 5.32 Å². The van der Waals surface area contributed by atoms with Gasteiger partial charge in [-0.1, -0.05) is 18.2 Å². The van der Waals surface area contributed by atoms with Crippen molar-refractivity contribution in [1.82, 2.24) is 9.97 Å². The minimum absolute atomic E-state index is 0.128. The van der Waals surface area contributed by atoms with E-state index in [1.165, 1.54) is 16.9 Å². The molecule has 1 aliphatic rings. The highest BCUT2D eigenvalue weighted by Gasteiger charge is 2.17. The van der Waals surface area contributed by atoms with E-state index in [1.54, 1.807) is 6.20 Å². The average Bonchev–Trinajstić information content (AvgIpc) is 3.16. The van der Waals surface area contributed by atoms with Crippen LogP contribution in [-0.2, 0) is 10.5 Å². The second-order valence-corrected chi connectivity index (χ2v) is 9.21. The van der Waals surface area contributed by atoms with Gasteiger partial charge in [0, 0.05) is 36.1 Å². The van der Waals surface area contributed by atoms with Crippen molar-refractivity contribution in [3.63, 3.8) is 0 Å². The summed E-state index contributed by atoms with van der Waals surface area (Å²) < 4.78 is 5.43. The molecule has 1 aliphatic heterocycles. The van der Waals surface area contributed by atoms with E-state index in [-0.39, 0.29) is 5.91 Å². The van der Waals surface area contributed by atoms with Gasteiger partial charge in [-0.3, -0.25) is 9.78 Å². The molecule has 7 heteroatoms. The number of aryl methyl sites for hydroxylation is 1. The van der Waals surface area contributed by atoms with Crippen molar-refractivity contribution in [3.05, 3.63) is 64.8 Å². The maximum atomic E-state index is 12.8. The number of nitrogens with zero attached hydrogens (tertiary/aromatic N) is 2. The zero-order valence-corrected chi connectivity index (χ0v) is 17.9. The molecule has 0 aliphatic carbocycles. The lowest BCUT2D eigenvalue weighted by Gasteiger charge is -2.21. The van der Waals surface area contributed by atoms with Crippen molar-refractivity contribution >= 4 is 34.7 Å². The van der Waals surface area contributed by atoms with Gasteiger partial charge in [-0.05, 0) is 49.6 Å². The molecule has 0 radical (unpaired) electrons. The van der Waals surface area contributed by atoms with E-state index >= 15 is 0 Å². The van der Waals surface area contributed by atoms with E-state index < -0.39 is 0 Å². The summed E-state index contributed by atoms with van der Waals surface area (Å²) in [7, 11) is 0. The summed E-state index contributed by atoms with van der Waals surface area (Å²) in [6.45, 7) is 3.59. The quantitative estimate of drug-likeness (QED) is 0.590. The fourth-order valence-electron chi connectivity index (χ4n) is 3.19. The molecule has 1 fully saturated rings. The third kappa shape index (κ3) is 5.23. The van der Waals surface area contributed by atoms with Crippen molar-refractivity contribution in [2.75, 3.05) is 18.5 Å². The zero-order valence-electron chi connectivity index (χ0n) is 16.3. The van der Waals surface area contributed by atoms with Crippen LogP contribution >= 0.6 is 23.1 Å². The summed E-state index contributed by atoms with van der Waals surface area (Å²) in [6.07, 6.45) is 3.96. The lowest BCUT2D eigenvalue weighted by molar-refractivity contribution is 0.1000. The molecule has 2 aromatic heterocycles. The first-order valence-corrected chi connectivity index (χ1v) is 11.5. The Labute approximate surface area is 178 Å². The van der Waals surface area contributed by atoms with Gasteiger partial charge in [0.1, 0.15) is 9.88 Å². The van der Waals surface area contributed by atoms with Crippen LogP contribution in [0.5, 0.6) is 0 Å². The SMILES string of the molecule is Cc1nc(-c2ccccn2)sc1C(=O)Nc1cccc(CSC2CCOCC2)c1. The fraction of sp³-hybridized carbons (Fsp3) is 0.318. The van der Waals surface area contributed by atoms with Gasteiger partial charge < -0.3 is 10.1 Å². The number of amides is 1. The Morgan fingerprint density at radius 3 is 2.90 bits per heavy atom. The van der Waals surface area contributed by atoms with E-state index in [2.05, 4.69) is 27.4 Å². The first kappa shape index (κ1) is 20.1. The standard InChI is InChI=1S/C22H23N3O2S2/c1-15-20(29-22(24-15)19-7-2-3-10-23-19)21(26)25-17-6-4-5-16(13-17)14-28-18-8-11-27-12-9-18/h2-7,10,13,18H,8-9,11-12,14H2,1H3,(H,25,26). The zero-order chi connectivity index (χ0) is 20.1. The molecule has 1 saturated heterocycles. The van der Waals surface area contributed by atoms with Crippen LogP contribution in [0.15, 0.2) is 48.7 Å². The van der Waals surface area contributed by atoms with Crippen LogP contribution in [0, 0.1) is 6.92 Å². The molecule has 150 valence electrons. The molecule has 1 aromatic carbocycles. The summed E-state index contributed by atoms with van der Waals surface area (Å²) >= 11 is 3.34. The van der Waals surface area contributed by atoms with Gasteiger partial charge in [-0.15, -0.1) is 11.3 Å². The average molecular weight is 426 g/mol. The van der Waals surface area contributed by atoms with Crippen LogP contribution in [-0.4, -0.2) is 34.3 Å². The monoisotopic (exact) mass is 425 g/mol. The Balaban J connectivity index is 1.41. The summed E-state index contributed by atoms with van der Waals surface area (Å²) in [5, 5.41) is 4.44. The lowest BCUT2D eigenvalue weighted by Crippen LogP contribution is -2.17. The van der Waals surface area contributed by atoms with Gasteiger partial charge in [0.15, 0.2) is 0 Å². The molecule has 1 N–H and O–H groups in total. The number of benzene rings is 1. The van der Waals surface area contributed by atoms with Gasteiger partial charge in [-0.2, -0.15) is 11.8 Å². The number of pyridine rings is 1. The maximum absolute atomic E-state index is 12.8. The Hall–Kier alpha value is -2.22. The molecule has 3 aromatic rings. The fourth-order valence-corrected chi connectivity index (χ4v) is 5.26. The summed E-state index contributed by atoms with van der Waals surface area (Å²) in [4.78, 5) is 22.3. The highest BCUT2D eigenvalue weighted by molar-refractivity contribution is 7.99. The van der Waals surface area contributed by atoms with Crippen molar-refractivity contribution < 1.29 is 9.53 Å². The van der Waals surface area contributed by atoms with Crippen molar-refractivity contribution in [2.45, 2.75) is 30.8 Å². The predicted octanol–water partition coefficient (Wildman–Crippen LogP) is 5.18. The van der Waals surface area contributed by atoms with Crippen LogP contribution in [0.1, 0.15) is 33.8 Å². The maximum Gasteiger partial charge on any atom is 0.267 e. The smallest absolute Gasteiger partial charge is 0.267 e. The minimum Gasteiger partial charge on any atom is -0.381 e. The largest absolute Gasteiger partial charge is 0.381 e. The van der Waals surface area contributed by atoms with Crippen LogP contribution in [0.25, 0.3) is 10.7 Å². The summed E-state index contributed by atoms with van der Waals surface area (Å²) in [6, 6.07) is 13.8. The third-order valence-electron chi connectivity index (χ3n) is 4.73. The van der Waals surface area contributed by atoms with E-state index in [0.29, 0.717) is 10.1 Å². The molecule has 0 spiro atoms. The Kier molecular flexibility index (Phi) is 6.59. The first-order valence-electron chi connectivity index (χ1n) is 9.67. The minimum atomic E-state index is -0.128. The number of hydrogen-bond acceptors (Lipinski definition) is 6. The number of rotatable bonds is 6. The second-order valence-electron chi connectivity index (χ2n) is 6.93. The number of thioether (sulfide) groups is 1. The molecule has 0 saturated carbocycles. The van der Waals surface area contributed by atoms with Gasteiger partial charge in [-0.25, -0.2) is 4.98 Å². The van der Waals surface area contributed by atoms with E-state index in [1.807, 2.05) is 49.0 Å². The number of carbonyl (C=O) groups is 1. The summed E-state index contributed by atoms with van der Waals surface area (Å²) in [5.74, 6) is 0.814. The highest BCUT2D eigenvalue weighted by atomic mass is 32.2. The first-order chi connectivity index (χ1) is 14.2. The van der Waals surface area contributed by atoms with E-state index in [9.17, 15) is 4.79 Å². The Morgan fingerprint density at radius 1 is 1.24 bits per heavy atom. The molecular weight excluding hydrogens is 402 g/mol. The number of hydrogen-bond donors (Lipinski definition) is 1. The van der Waals surface area contributed by atoms with Crippen LogP contribution in [0.3, 0.4) is 0 Å². The molecule has 0 atom stereocenters. The molecule has 29 heavy (non-hydrogen) atoms. The van der Waals surface area contributed by atoms with Crippen molar-refractivity contribution in [2.24, 2.45) is 0 Å². The Morgan fingerprint density at radius 2 is 2.10 bits per heavy atom. The number of carbonyl (C=O) groups excluding carboxylic acids is 1. The van der Waals surface area contributed by atoms with E-state index in [4.69, 9.17) is 4.74 Å². The van der Waals surface area contributed by atoms with Gasteiger partial charge in [0.25, 0.3) is 5.91 Å². The van der Waals surface area contributed by atoms with E-state index in [0.717, 1.165) is 53.9 Å². The number of nitrogens with one attached hydrogen (secondary N) is 1. The van der Waals surface area contributed by atoms with Crippen LogP contribution in [0.4, 0.5) is 5.69 Å². The number of thiazole rings is 1. The lowest BCUT2D eigenvalue weighted by atomic mass is 10.2. The molecular formula is C22H23N3O2S2. The number of anilines is 1.